The molecule has 1 saturated heterocycles. The van der Waals surface area contributed by atoms with E-state index >= 15 is 0 Å². The van der Waals surface area contributed by atoms with Crippen molar-refractivity contribution in [3.8, 4) is 11.3 Å². The van der Waals surface area contributed by atoms with Crippen molar-refractivity contribution in [2.75, 3.05) is 31.1 Å². The molecule has 3 heterocycles. The average molecular weight is 463 g/mol. The fraction of sp³-hybridized carbons (Fsp3) is 0.480. The lowest BCUT2D eigenvalue weighted by atomic mass is 9.81. The highest BCUT2D eigenvalue weighted by molar-refractivity contribution is 5.81. The Bertz CT molecular complexity index is 1200. The van der Waals surface area contributed by atoms with Crippen LogP contribution in [0.3, 0.4) is 0 Å². The smallest absolute Gasteiger partial charge is 0.410 e. The number of aldehydes is 1. The summed E-state index contributed by atoms with van der Waals surface area (Å²) in [6, 6.07) is 6.38. The maximum atomic E-state index is 12.3. The number of rotatable bonds is 4. The van der Waals surface area contributed by atoms with Gasteiger partial charge in [0.1, 0.15) is 11.9 Å². The predicted octanol–water partition coefficient (Wildman–Crippen LogP) is 3.70. The van der Waals surface area contributed by atoms with Gasteiger partial charge in [-0.3, -0.25) is 9.67 Å². The zero-order valence-corrected chi connectivity index (χ0v) is 19.8. The first-order valence-corrected chi connectivity index (χ1v) is 11.8. The highest BCUT2D eigenvalue weighted by atomic mass is 16.6. The van der Waals surface area contributed by atoms with Gasteiger partial charge >= 0.3 is 6.09 Å². The summed E-state index contributed by atoms with van der Waals surface area (Å²) < 4.78 is 7.43. The van der Waals surface area contributed by atoms with Crippen LogP contribution in [0.4, 0.5) is 10.5 Å². The zero-order valence-electron chi connectivity index (χ0n) is 19.8. The number of ether oxygens (including phenoxy) is 1. The van der Waals surface area contributed by atoms with Crippen LogP contribution in [0.5, 0.6) is 0 Å². The van der Waals surface area contributed by atoms with E-state index in [1.165, 1.54) is 0 Å². The van der Waals surface area contributed by atoms with Crippen molar-refractivity contribution in [2.24, 2.45) is 5.92 Å². The van der Waals surface area contributed by atoms with Crippen LogP contribution in [0.1, 0.15) is 39.7 Å². The number of piperazine rings is 1. The van der Waals surface area contributed by atoms with Crippen LogP contribution in [0, 0.1) is 5.92 Å². The molecule has 34 heavy (non-hydrogen) atoms. The number of aromatic nitrogens is 4. The van der Waals surface area contributed by atoms with Gasteiger partial charge in [-0.2, -0.15) is 5.10 Å². The van der Waals surface area contributed by atoms with E-state index in [2.05, 4.69) is 27.1 Å². The van der Waals surface area contributed by atoms with Gasteiger partial charge in [0, 0.05) is 49.5 Å². The third-order valence-corrected chi connectivity index (χ3v) is 6.44. The molecule has 1 aliphatic carbocycles. The molecule has 0 unspecified atom stereocenters. The van der Waals surface area contributed by atoms with Crippen molar-refractivity contribution in [1.82, 2.24) is 24.6 Å². The van der Waals surface area contributed by atoms with Crippen LogP contribution in [0.15, 0.2) is 36.8 Å². The molecular formula is C25H30N6O3. The number of hydrogen-bond acceptors (Lipinski definition) is 7. The maximum Gasteiger partial charge on any atom is 0.410 e. The van der Waals surface area contributed by atoms with Gasteiger partial charge in [0.05, 0.1) is 35.2 Å². The zero-order chi connectivity index (χ0) is 23.9. The van der Waals surface area contributed by atoms with E-state index in [1.54, 1.807) is 11.1 Å². The van der Waals surface area contributed by atoms with Crippen LogP contribution < -0.4 is 4.90 Å². The van der Waals surface area contributed by atoms with Crippen molar-refractivity contribution >= 4 is 29.1 Å². The Balaban J connectivity index is 1.28. The Hall–Kier alpha value is -3.49. The molecule has 1 saturated carbocycles. The first-order chi connectivity index (χ1) is 16.3. The van der Waals surface area contributed by atoms with E-state index in [9.17, 15) is 9.59 Å². The van der Waals surface area contributed by atoms with Crippen LogP contribution >= 0.6 is 0 Å². The number of carbonyl (C=O) groups excluding carboxylic acids is 2. The summed E-state index contributed by atoms with van der Waals surface area (Å²) in [6.07, 6.45) is 8.04. The van der Waals surface area contributed by atoms with E-state index in [0.717, 1.165) is 60.2 Å². The molecule has 2 aliphatic rings. The number of nitrogens with zero attached hydrogens (tertiary/aromatic N) is 6. The summed E-state index contributed by atoms with van der Waals surface area (Å²) in [5.74, 6) is 0.155. The molecule has 0 atom stereocenters. The minimum atomic E-state index is -0.491. The van der Waals surface area contributed by atoms with Gasteiger partial charge < -0.3 is 19.3 Å². The largest absolute Gasteiger partial charge is 0.444 e. The van der Waals surface area contributed by atoms with E-state index in [4.69, 9.17) is 9.72 Å². The number of carbonyl (C=O) groups is 2. The second kappa shape index (κ2) is 8.70. The molecular weight excluding hydrogens is 432 g/mol. The van der Waals surface area contributed by atoms with Crippen LogP contribution in [-0.2, 0) is 9.53 Å². The van der Waals surface area contributed by atoms with Gasteiger partial charge in [-0.25, -0.2) is 9.78 Å². The number of benzene rings is 1. The molecule has 178 valence electrons. The molecule has 2 fully saturated rings. The van der Waals surface area contributed by atoms with Crippen molar-refractivity contribution in [3.63, 3.8) is 0 Å². The average Bonchev–Trinajstić information content (AvgIpc) is 3.26. The monoisotopic (exact) mass is 462 g/mol. The first kappa shape index (κ1) is 22.3. The molecule has 9 heteroatoms. The molecule has 0 radical (unpaired) electrons. The van der Waals surface area contributed by atoms with Gasteiger partial charge in [0.15, 0.2) is 0 Å². The lowest BCUT2D eigenvalue weighted by Crippen LogP contribution is -2.50. The molecule has 0 spiro atoms. The Labute approximate surface area is 198 Å². The van der Waals surface area contributed by atoms with Gasteiger partial charge in [-0.05, 0) is 51.8 Å². The van der Waals surface area contributed by atoms with Crippen LogP contribution in [-0.4, -0.2) is 68.8 Å². The minimum Gasteiger partial charge on any atom is -0.444 e. The summed E-state index contributed by atoms with van der Waals surface area (Å²) in [5, 5.41) is 4.48. The number of amides is 1. The lowest BCUT2D eigenvalue weighted by molar-refractivity contribution is -0.114. The Morgan fingerprint density at radius 3 is 2.56 bits per heavy atom. The summed E-state index contributed by atoms with van der Waals surface area (Å²) in [6.45, 7) is 8.34. The quantitative estimate of drug-likeness (QED) is 0.546. The van der Waals surface area contributed by atoms with Crippen molar-refractivity contribution in [1.29, 1.82) is 0 Å². The lowest BCUT2D eigenvalue weighted by Gasteiger charge is -2.36. The SMILES string of the molecule is CC(C)(C)OC(=O)N1CCN(c2ccc3ncc(-c4cnn(C5CC(C=O)C5)c4)nc3c2)CC1. The summed E-state index contributed by atoms with van der Waals surface area (Å²) >= 11 is 0. The second-order valence-corrected chi connectivity index (χ2v) is 10.1. The molecule has 1 aliphatic heterocycles. The minimum absolute atomic E-state index is 0.155. The molecule has 2 aromatic heterocycles. The van der Waals surface area contributed by atoms with Crippen LogP contribution in [0.25, 0.3) is 22.3 Å². The second-order valence-electron chi connectivity index (χ2n) is 10.1. The topological polar surface area (TPSA) is 93.5 Å². The highest BCUT2D eigenvalue weighted by Gasteiger charge is 2.31. The molecule has 1 amide bonds. The third-order valence-electron chi connectivity index (χ3n) is 6.44. The summed E-state index contributed by atoms with van der Waals surface area (Å²) in [7, 11) is 0. The fourth-order valence-corrected chi connectivity index (χ4v) is 4.44. The molecule has 1 aromatic carbocycles. The molecule has 0 bridgehead atoms. The maximum absolute atomic E-state index is 12.3. The number of anilines is 1. The Kier molecular flexibility index (Phi) is 5.71. The molecule has 3 aromatic rings. The van der Waals surface area contributed by atoms with Crippen LogP contribution in [0.2, 0.25) is 0 Å². The van der Waals surface area contributed by atoms with Crippen molar-refractivity contribution in [3.05, 3.63) is 36.8 Å². The van der Waals surface area contributed by atoms with Gasteiger partial charge in [-0.15, -0.1) is 0 Å². The Morgan fingerprint density at radius 1 is 1.09 bits per heavy atom. The van der Waals surface area contributed by atoms with Gasteiger partial charge in [0.25, 0.3) is 0 Å². The van der Waals surface area contributed by atoms with Crippen molar-refractivity contribution in [2.45, 2.75) is 45.3 Å². The number of fused-ring (bicyclic) bond motifs is 1. The third kappa shape index (κ3) is 4.60. The molecule has 9 nitrogen and oxygen atoms in total. The highest BCUT2D eigenvalue weighted by Crippen LogP contribution is 2.36. The predicted molar refractivity (Wildman–Crippen MR) is 129 cm³/mol. The summed E-state index contributed by atoms with van der Waals surface area (Å²) in [5.41, 5.74) is 3.92. The van der Waals surface area contributed by atoms with E-state index in [0.29, 0.717) is 13.1 Å². The van der Waals surface area contributed by atoms with Crippen molar-refractivity contribution < 1.29 is 14.3 Å². The standard InChI is InChI=1S/C25H30N6O3/c1-25(2,3)34-24(33)30-8-6-29(7-9-30)19-4-5-21-22(12-19)28-23(14-26-21)18-13-27-31(15-18)20-10-17(11-20)16-32/h4-5,12-17,20H,6-11H2,1-3H3. The summed E-state index contributed by atoms with van der Waals surface area (Å²) in [4.78, 5) is 36.7. The Morgan fingerprint density at radius 2 is 1.85 bits per heavy atom. The number of hydrogen-bond donors (Lipinski definition) is 0. The van der Waals surface area contributed by atoms with E-state index < -0.39 is 5.60 Å². The fourth-order valence-electron chi connectivity index (χ4n) is 4.44. The normalized spacial score (nSPS) is 20.8. The molecule has 5 rings (SSSR count). The van der Waals surface area contributed by atoms with Gasteiger partial charge in [-0.1, -0.05) is 0 Å². The van der Waals surface area contributed by atoms with E-state index in [-0.39, 0.29) is 18.1 Å². The van der Waals surface area contributed by atoms with E-state index in [1.807, 2.05) is 43.9 Å². The van der Waals surface area contributed by atoms with Gasteiger partial charge in [0.2, 0.25) is 0 Å². The first-order valence-electron chi connectivity index (χ1n) is 11.8. The molecule has 0 N–H and O–H groups in total.